The standard InChI is InChI=1S/C17H27ClN2O/c1-5-19-16-10-9-14(18)11-15(16)17(21)20-13(4)8-6-7-12(2)3/h9-13,19H,5-8H2,1-4H3,(H,20,21). The first-order valence-corrected chi connectivity index (χ1v) is 8.16. The number of carbonyl (C=O) groups is 1. The van der Waals surface area contributed by atoms with E-state index in [-0.39, 0.29) is 11.9 Å². The molecule has 1 rings (SSSR count). The average Bonchev–Trinajstić information content (AvgIpc) is 2.40. The summed E-state index contributed by atoms with van der Waals surface area (Å²) < 4.78 is 0. The van der Waals surface area contributed by atoms with E-state index in [2.05, 4.69) is 31.4 Å². The zero-order chi connectivity index (χ0) is 15.8. The van der Waals surface area contributed by atoms with Gasteiger partial charge in [0.15, 0.2) is 0 Å². The van der Waals surface area contributed by atoms with Crippen LogP contribution in [0.3, 0.4) is 0 Å². The first-order valence-electron chi connectivity index (χ1n) is 7.78. The van der Waals surface area contributed by atoms with Gasteiger partial charge in [0.2, 0.25) is 0 Å². The number of nitrogens with one attached hydrogen (secondary N) is 2. The van der Waals surface area contributed by atoms with E-state index in [0.29, 0.717) is 16.5 Å². The number of benzene rings is 1. The largest absolute Gasteiger partial charge is 0.385 e. The maximum absolute atomic E-state index is 12.4. The van der Waals surface area contributed by atoms with Crippen LogP contribution >= 0.6 is 11.6 Å². The number of hydrogen-bond acceptors (Lipinski definition) is 2. The second-order valence-corrected chi connectivity index (χ2v) is 6.36. The molecule has 0 bridgehead atoms. The highest BCUT2D eigenvalue weighted by molar-refractivity contribution is 6.31. The van der Waals surface area contributed by atoms with Crippen LogP contribution in [0.4, 0.5) is 5.69 Å². The lowest BCUT2D eigenvalue weighted by molar-refractivity contribution is 0.0938. The topological polar surface area (TPSA) is 41.1 Å². The van der Waals surface area contributed by atoms with Crippen molar-refractivity contribution in [3.63, 3.8) is 0 Å². The van der Waals surface area contributed by atoms with E-state index in [1.54, 1.807) is 12.1 Å². The van der Waals surface area contributed by atoms with Gasteiger partial charge in [-0.25, -0.2) is 0 Å². The molecule has 0 heterocycles. The lowest BCUT2D eigenvalue weighted by atomic mass is 10.0. The minimum Gasteiger partial charge on any atom is -0.385 e. The van der Waals surface area contributed by atoms with Crippen LogP contribution in [-0.4, -0.2) is 18.5 Å². The Morgan fingerprint density at radius 3 is 2.57 bits per heavy atom. The van der Waals surface area contributed by atoms with Crippen molar-refractivity contribution in [2.45, 2.75) is 53.0 Å². The molecule has 0 fully saturated rings. The van der Waals surface area contributed by atoms with Crippen molar-refractivity contribution in [3.8, 4) is 0 Å². The monoisotopic (exact) mass is 310 g/mol. The van der Waals surface area contributed by atoms with Gasteiger partial charge >= 0.3 is 0 Å². The average molecular weight is 311 g/mol. The predicted molar refractivity (Wildman–Crippen MR) is 91.2 cm³/mol. The van der Waals surface area contributed by atoms with Crippen molar-refractivity contribution in [2.24, 2.45) is 5.92 Å². The van der Waals surface area contributed by atoms with E-state index in [9.17, 15) is 4.79 Å². The molecule has 0 spiro atoms. The molecular weight excluding hydrogens is 284 g/mol. The van der Waals surface area contributed by atoms with Gasteiger partial charge in [-0.05, 0) is 44.4 Å². The van der Waals surface area contributed by atoms with Crippen molar-refractivity contribution in [2.75, 3.05) is 11.9 Å². The molecule has 0 aliphatic rings. The molecule has 118 valence electrons. The summed E-state index contributed by atoms with van der Waals surface area (Å²) >= 11 is 6.01. The van der Waals surface area contributed by atoms with Gasteiger partial charge in [-0.15, -0.1) is 0 Å². The Morgan fingerprint density at radius 1 is 1.24 bits per heavy atom. The molecule has 0 radical (unpaired) electrons. The highest BCUT2D eigenvalue weighted by atomic mass is 35.5. The molecule has 0 aliphatic carbocycles. The van der Waals surface area contributed by atoms with E-state index in [4.69, 9.17) is 11.6 Å². The quantitative estimate of drug-likeness (QED) is 0.729. The molecule has 0 saturated carbocycles. The molecule has 1 amide bonds. The third-order valence-corrected chi connectivity index (χ3v) is 3.62. The molecule has 4 heteroatoms. The molecule has 3 nitrogen and oxygen atoms in total. The zero-order valence-electron chi connectivity index (χ0n) is 13.5. The van der Waals surface area contributed by atoms with Crippen molar-refractivity contribution in [1.82, 2.24) is 5.32 Å². The fourth-order valence-corrected chi connectivity index (χ4v) is 2.43. The Labute approximate surface area is 133 Å². The van der Waals surface area contributed by atoms with Crippen molar-refractivity contribution < 1.29 is 4.79 Å². The third kappa shape index (κ3) is 6.38. The Hall–Kier alpha value is -1.22. The maximum atomic E-state index is 12.4. The number of rotatable bonds is 8. The van der Waals surface area contributed by atoms with Gasteiger partial charge in [-0.1, -0.05) is 38.3 Å². The van der Waals surface area contributed by atoms with Crippen LogP contribution in [0.15, 0.2) is 18.2 Å². The summed E-state index contributed by atoms with van der Waals surface area (Å²) in [6.07, 6.45) is 3.33. The molecule has 2 N–H and O–H groups in total. The highest BCUT2D eigenvalue weighted by Gasteiger charge is 2.14. The fourth-order valence-electron chi connectivity index (χ4n) is 2.25. The first-order chi connectivity index (χ1) is 9.93. The van der Waals surface area contributed by atoms with Gasteiger partial charge in [0, 0.05) is 23.3 Å². The summed E-state index contributed by atoms with van der Waals surface area (Å²) in [6.45, 7) is 9.27. The summed E-state index contributed by atoms with van der Waals surface area (Å²) in [6, 6.07) is 5.53. The van der Waals surface area contributed by atoms with Gasteiger partial charge in [-0.2, -0.15) is 0 Å². The molecule has 21 heavy (non-hydrogen) atoms. The van der Waals surface area contributed by atoms with E-state index in [1.165, 1.54) is 6.42 Å². The minimum atomic E-state index is -0.0644. The molecule has 0 saturated heterocycles. The smallest absolute Gasteiger partial charge is 0.253 e. The zero-order valence-corrected chi connectivity index (χ0v) is 14.3. The molecule has 1 aromatic rings. The SMILES string of the molecule is CCNc1ccc(Cl)cc1C(=O)NC(C)CCCC(C)C. The second kappa shape index (κ2) is 8.93. The van der Waals surface area contributed by atoms with Crippen LogP contribution in [0.2, 0.25) is 5.02 Å². The van der Waals surface area contributed by atoms with Crippen LogP contribution in [-0.2, 0) is 0 Å². The molecular formula is C17H27ClN2O. The summed E-state index contributed by atoms with van der Waals surface area (Å²) in [5.74, 6) is 0.645. The van der Waals surface area contributed by atoms with Crippen LogP contribution in [0.5, 0.6) is 0 Å². The van der Waals surface area contributed by atoms with Gasteiger partial charge < -0.3 is 10.6 Å². The Morgan fingerprint density at radius 2 is 1.95 bits per heavy atom. The van der Waals surface area contributed by atoms with E-state index >= 15 is 0 Å². The molecule has 0 aromatic heterocycles. The van der Waals surface area contributed by atoms with Crippen LogP contribution in [0.25, 0.3) is 0 Å². The Balaban J connectivity index is 2.64. The van der Waals surface area contributed by atoms with Crippen molar-refractivity contribution in [1.29, 1.82) is 0 Å². The van der Waals surface area contributed by atoms with Crippen molar-refractivity contribution >= 4 is 23.2 Å². The number of halogens is 1. The molecule has 0 aliphatic heterocycles. The maximum Gasteiger partial charge on any atom is 0.253 e. The van der Waals surface area contributed by atoms with E-state index in [0.717, 1.165) is 25.1 Å². The van der Waals surface area contributed by atoms with Gasteiger partial charge in [-0.3, -0.25) is 4.79 Å². The Bertz CT molecular complexity index is 460. The number of carbonyl (C=O) groups excluding carboxylic acids is 1. The number of amides is 1. The number of hydrogen-bond donors (Lipinski definition) is 2. The third-order valence-electron chi connectivity index (χ3n) is 3.39. The molecule has 1 atom stereocenters. The van der Waals surface area contributed by atoms with Crippen molar-refractivity contribution in [3.05, 3.63) is 28.8 Å². The Kier molecular flexibility index (Phi) is 7.58. The second-order valence-electron chi connectivity index (χ2n) is 5.92. The van der Waals surface area contributed by atoms with E-state index in [1.807, 2.05) is 13.0 Å². The summed E-state index contributed by atoms with van der Waals surface area (Å²) in [5, 5.41) is 6.83. The normalized spacial score (nSPS) is 12.3. The summed E-state index contributed by atoms with van der Waals surface area (Å²) in [4.78, 5) is 12.4. The number of anilines is 1. The minimum absolute atomic E-state index is 0.0644. The van der Waals surface area contributed by atoms with Gasteiger partial charge in [0.05, 0.1) is 5.56 Å². The molecule has 1 aromatic carbocycles. The first kappa shape index (κ1) is 17.8. The van der Waals surface area contributed by atoms with Gasteiger partial charge in [0.25, 0.3) is 5.91 Å². The van der Waals surface area contributed by atoms with Crippen LogP contribution in [0.1, 0.15) is 57.3 Å². The van der Waals surface area contributed by atoms with Crippen LogP contribution < -0.4 is 10.6 Å². The lowest BCUT2D eigenvalue weighted by Gasteiger charge is -2.17. The fraction of sp³-hybridized carbons (Fsp3) is 0.588. The summed E-state index contributed by atoms with van der Waals surface area (Å²) in [7, 11) is 0. The lowest BCUT2D eigenvalue weighted by Crippen LogP contribution is -2.33. The van der Waals surface area contributed by atoms with Gasteiger partial charge in [0.1, 0.15) is 0 Å². The highest BCUT2D eigenvalue weighted by Crippen LogP contribution is 2.21. The predicted octanol–water partition coefficient (Wildman–Crippen LogP) is 4.72. The van der Waals surface area contributed by atoms with Crippen LogP contribution in [0, 0.1) is 5.92 Å². The molecule has 1 unspecified atom stereocenters. The summed E-state index contributed by atoms with van der Waals surface area (Å²) in [5.41, 5.74) is 1.44. The van der Waals surface area contributed by atoms with E-state index < -0.39 is 0 Å².